The molecule has 0 N–H and O–H groups in total. The summed E-state index contributed by atoms with van der Waals surface area (Å²) >= 11 is 1.55. The molecule has 0 atom stereocenters. The number of carbonyl (C=O) groups excluding carboxylic acids is 1. The van der Waals surface area contributed by atoms with Crippen molar-refractivity contribution in [3.63, 3.8) is 0 Å². The smallest absolute Gasteiger partial charge is 0.232 e. The van der Waals surface area contributed by atoms with Crippen molar-refractivity contribution >= 4 is 32.6 Å². The number of aromatic nitrogens is 1. The number of thiazole rings is 1. The first kappa shape index (κ1) is 19.2. The summed E-state index contributed by atoms with van der Waals surface area (Å²) in [5, 5.41) is 0.725. The largest absolute Gasteiger partial charge is 0.493 e. The number of amides is 1. The normalized spacial score (nSPS) is 10.8. The second-order valence-corrected chi connectivity index (χ2v) is 7.80. The summed E-state index contributed by atoms with van der Waals surface area (Å²) in [5.74, 6) is 0.770. The van der Waals surface area contributed by atoms with Crippen LogP contribution in [0.3, 0.4) is 0 Å². The number of para-hydroxylation sites is 2. The van der Waals surface area contributed by atoms with Gasteiger partial charge in [-0.05, 0) is 36.2 Å². The van der Waals surface area contributed by atoms with Crippen LogP contribution in [0.15, 0.2) is 78.9 Å². The quantitative estimate of drug-likeness (QED) is 0.404. The van der Waals surface area contributed by atoms with Crippen LogP contribution in [0.4, 0.5) is 5.13 Å². The van der Waals surface area contributed by atoms with Crippen LogP contribution in [0.2, 0.25) is 0 Å². The third kappa shape index (κ3) is 4.63. The monoisotopic (exact) mass is 402 g/mol. The molecule has 0 aliphatic carbocycles. The number of anilines is 1. The molecule has 1 aromatic heterocycles. The maximum atomic E-state index is 13.1. The summed E-state index contributed by atoms with van der Waals surface area (Å²) in [4.78, 5) is 19.7. The molecule has 4 rings (SSSR count). The lowest BCUT2D eigenvalue weighted by atomic mass is 10.2. The lowest BCUT2D eigenvalue weighted by Crippen LogP contribution is -2.31. The van der Waals surface area contributed by atoms with Gasteiger partial charge in [-0.15, -0.1) is 0 Å². The Balaban J connectivity index is 1.55. The Labute approximate surface area is 174 Å². The molecule has 0 aliphatic heterocycles. The van der Waals surface area contributed by atoms with Gasteiger partial charge in [0, 0.05) is 0 Å². The van der Waals surface area contributed by atoms with Gasteiger partial charge in [0.1, 0.15) is 5.75 Å². The van der Waals surface area contributed by atoms with Gasteiger partial charge in [0.2, 0.25) is 5.91 Å². The number of carbonyl (C=O) groups is 1. The zero-order valence-corrected chi connectivity index (χ0v) is 17.1. The molecular weight excluding hydrogens is 380 g/mol. The maximum Gasteiger partial charge on any atom is 0.232 e. The van der Waals surface area contributed by atoms with Crippen molar-refractivity contribution in [1.29, 1.82) is 0 Å². The number of hydrogen-bond acceptors (Lipinski definition) is 4. The Morgan fingerprint density at radius 1 is 0.966 bits per heavy atom. The molecule has 0 radical (unpaired) electrons. The fourth-order valence-electron chi connectivity index (χ4n) is 3.13. The third-order valence-corrected chi connectivity index (χ3v) is 5.70. The van der Waals surface area contributed by atoms with Crippen LogP contribution in [0.25, 0.3) is 10.2 Å². The highest BCUT2D eigenvalue weighted by molar-refractivity contribution is 7.22. The van der Waals surface area contributed by atoms with E-state index in [4.69, 9.17) is 9.72 Å². The van der Waals surface area contributed by atoms with Crippen LogP contribution < -0.4 is 9.64 Å². The van der Waals surface area contributed by atoms with Crippen molar-refractivity contribution in [2.24, 2.45) is 0 Å². The average Bonchev–Trinajstić information content (AvgIpc) is 3.19. The summed E-state index contributed by atoms with van der Waals surface area (Å²) in [6, 6.07) is 25.7. The molecule has 0 spiro atoms. The van der Waals surface area contributed by atoms with E-state index >= 15 is 0 Å². The summed E-state index contributed by atoms with van der Waals surface area (Å²) in [5.41, 5.74) is 3.14. The lowest BCUT2D eigenvalue weighted by molar-refractivity contribution is -0.119. The first-order chi connectivity index (χ1) is 14.2. The number of hydrogen-bond donors (Lipinski definition) is 0. The molecule has 4 nitrogen and oxygen atoms in total. The molecule has 29 heavy (non-hydrogen) atoms. The van der Waals surface area contributed by atoms with Crippen molar-refractivity contribution in [2.45, 2.75) is 19.9 Å². The summed E-state index contributed by atoms with van der Waals surface area (Å²) in [6.45, 7) is 2.87. The molecule has 3 aromatic carbocycles. The molecule has 1 heterocycles. The van der Waals surface area contributed by atoms with Crippen molar-refractivity contribution in [2.75, 3.05) is 11.5 Å². The molecule has 0 bridgehead atoms. The predicted molar refractivity (Wildman–Crippen MR) is 119 cm³/mol. The molecule has 5 heteroatoms. The molecule has 0 fully saturated rings. The van der Waals surface area contributed by atoms with Crippen LogP contribution in [0, 0.1) is 6.92 Å². The molecule has 4 aromatic rings. The predicted octanol–water partition coefficient (Wildman–Crippen LogP) is 5.61. The molecule has 0 saturated carbocycles. The first-order valence-electron chi connectivity index (χ1n) is 9.59. The molecule has 0 aliphatic rings. The van der Waals surface area contributed by atoms with Crippen molar-refractivity contribution in [3.8, 4) is 5.75 Å². The number of fused-ring (bicyclic) bond motifs is 1. The van der Waals surface area contributed by atoms with E-state index in [0.717, 1.165) is 32.2 Å². The van der Waals surface area contributed by atoms with Crippen molar-refractivity contribution in [1.82, 2.24) is 4.98 Å². The van der Waals surface area contributed by atoms with Crippen LogP contribution in [-0.4, -0.2) is 17.5 Å². The lowest BCUT2D eigenvalue weighted by Gasteiger charge is -2.20. The number of aryl methyl sites for hydroxylation is 1. The van der Waals surface area contributed by atoms with Gasteiger partial charge in [0.05, 0.1) is 29.8 Å². The Kier molecular flexibility index (Phi) is 5.86. The van der Waals surface area contributed by atoms with Gasteiger partial charge in [0.15, 0.2) is 5.13 Å². The molecule has 1 amide bonds. The molecule has 0 unspecified atom stereocenters. The van der Waals surface area contributed by atoms with E-state index in [-0.39, 0.29) is 12.3 Å². The summed E-state index contributed by atoms with van der Waals surface area (Å²) in [6.07, 6.45) is 0.288. The highest BCUT2D eigenvalue weighted by Crippen LogP contribution is 2.31. The van der Waals surface area contributed by atoms with Gasteiger partial charge in [0.25, 0.3) is 0 Å². The Hall–Kier alpha value is -3.18. The zero-order chi connectivity index (χ0) is 20.1. The first-order valence-corrected chi connectivity index (χ1v) is 10.4. The van der Waals surface area contributed by atoms with E-state index in [1.807, 2.05) is 85.8 Å². The number of nitrogens with zero attached hydrogens (tertiary/aromatic N) is 2. The van der Waals surface area contributed by atoms with E-state index in [1.165, 1.54) is 0 Å². The second kappa shape index (κ2) is 8.88. The zero-order valence-electron chi connectivity index (χ0n) is 16.2. The van der Waals surface area contributed by atoms with E-state index in [1.54, 1.807) is 16.2 Å². The van der Waals surface area contributed by atoms with E-state index in [9.17, 15) is 4.79 Å². The highest BCUT2D eigenvalue weighted by Gasteiger charge is 2.20. The molecular formula is C24H22N2O2S. The van der Waals surface area contributed by atoms with Gasteiger partial charge in [-0.2, -0.15) is 0 Å². The third-order valence-electron chi connectivity index (χ3n) is 4.65. The van der Waals surface area contributed by atoms with Crippen molar-refractivity contribution in [3.05, 3.63) is 90.0 Å². The highest BCUT2D eigenvalue weighted by atomic mass is 32.1. The Morgan fingerprint density at radius 2 is 1.69 bits per heavy atom. The summed E-state index contributed by atoms with van der Waals surface area (Å²) in [7, 11) is 0. The van der Waals surface area contributed by atoms with Crippen LogP contribution >= 0.6 is 11.3 Å². The molecule has 0 saturated heterocycles. The van der Waals surface area contributed by atoms with E-state index in [2.05, 4.69) is 0 Å². The van der Waals surface area contributed by atoms with Crippen molar-refractivity contribution < 1.29 is 9.53 Å². The van der Waals surface area contributed by atoms with E-state index in [0.29, 0.717) is 13.2 Å². The topological polar surface area (TPSA) is 42.4 Å². The van der Waals surface area contributed by atoms with Gasteiger partial charge in [-0.3, -0.25) is 9.69 Å². The fourth-order valence-corrected chi connectivity index (χ4v) is 4.19. The SMILES string of the molecule is Cc1cccc2sc(N(Cc3ccccc3)C(=O)CCOc3ccccc3)nc12. The standard InChI is InChI=1S/C24H22N2O2S/c1-18-9-8-14-21-23(18)25-24(29-21)26(17-19-10-4-2-5-11-19)22(27)15-16-28-20-12-6-3-7-13-20/h2-14H,15-17H2,1H3. The minimum Gasteiger partial charge on any atom is -0.493 e. The minimum absolute atomic E-state index is 0.00138. The summed E-state index contributed by atoms with van der Waals surface area (Å²) < 4.78 is 6.82. The van der Waals surface area contributed by atoms with Gasteiger partial charge >= 0.3 is 0 Å². The maximum absolute atomic E-state index is 13.1. The van der Waals surface area contributed by atoms with Crippen LogP contribution in [0.1, 0.15) is 17.5 Å². The number of benzene rings is 3. The fraction of sp³-hybridized carbons (Fsp3) is 0.167. The van der Waals surface area contributed by atoms with Gasteiger partial charge in [-0.25, -0.2) is 4.98 Å². The van der Waals surface area contributed by atoms with E-state index < -0.39 is 0 Å². The Morgan fingerprint density at radius 3 is 2.41 bits per heavy atom. The minimum atomic E-state index is 0.00138. The number of rotatable bonds is 7. The van der Waals surface area contributed by atoms with Crippen LogP contribution in [-0.2, 0) is 11.3 Å². The van der Waals surface area contributed by atoms with Gasteiger partial charge in [-0.1, -0.05) is 72.0 Å². The van der Waals surface area contributed by atoms with Gasteiger partial charge < -0.3 is 4.74 Å². The molecule has 146 valence electrons. The average molecular weight is 403 g/mol. The van der Waals surface area contributed by atoms with Crippen LogP contribution in [0.5, 0.6) is 5.75 Å². The number of ether oxygens (including phenoxy) is 1. The second-order valence-electron chi connectivity index (χ2n) is 6.80. The Bertz CT molecular complexity index is 1090.